The van der Waals surface area contributed by atoms with Gasteiger partial charge in [-0.25, -0.2) is 5.84 Å². The molecule has 0 unspecified atom stereocenters. The van der Waals surface area contributed by atoms with Crippen molar-refractivity contribution in [2.45, 2.75) is 6.42 Å². The van der Waals surface area contributed by atoms with E-state index in [1.54, 1.807) is 6.07 Å². The summed E-state index contributed by atoms with van der Waals surface area (Å²) in [6, 6.07) is 5.54. The molecule has 1 rings (SSSR count). The lowest BCUT2D eigenvalue weighted by Crippen LogP contribution is -2.40. The van der Waals surface area contributed by atoms with E-state index in [2.05, 4.69) is 10.7 Å². The third kappa shape index (κ3) is 4.22. The highest BCUT2D eigenvalue weighted by molar-refractivity contribution is 7.80. The number of halogens is 2. The summed E-state index contributed by atoms with van der Waals surface area (Å²) in [5.41, 5.74) is 3.44. The highest BCUT2D eigenvalue weighted by Crippen LogP contribution is 2.22. The Morgan fingerprint density at radius 3 is 2.67 bits per heavy atom. The minimum atomic E-state index is 0.426. The van der Waals surface area contributed by atoms with Gasteiger partial charge in [-0.2, -0.15) is 0 Å². The molecule has 0 saturated heterocycles. The zero-order chi connectivity index (χ0) is 11.3. The predicted octanol–water partition coefficient (Wildman–Crippen LogP) is 1.87. The second kappa shape index (κ2) is 6.12. The summed E-state index contributed by atoms with van der Waals surface area (Å²) in [4.78, 5) is 0. The van der Waals surface area contributed by atoms with Crippen LogP contribution in [-0.2, 0) is 6.42 Å². The first-order valence-electron chi connectivity index (χ1n) is 4.32. The number of benzene rings is 1. The fourth-order valence-electron chi connectivity index (χ4n) is 1.07. The molecule has 0 aromatic heterocycles. The summed E-state index contributed by atoms with van der Waals surface area (Å²) in [5.74, 6) is 5.10. The van der Waals surface area contributed by atoms with Crippen molar-refractivity contribution in [2.75, 3.05) is 6.54 Å². The van der Waals surface area contributed by atoms with Gasteiger partial charge >= 0.3 is 0 Å². The van der Waals surface area contributed by atoms with Gasteiger partial charge in [-0.15, -0.1) is 0 Å². The van der Waals surface area contributed by atoms with Gasteiger partial charge in [0.1, 0.15) is 0 Å². The number of hydrogen-bond donors (Lipinski definition) is 3. The van der Waals surface area contributed by atoms with E-state index in [1.807, 2.05) is 12.1 Å². The third-order valence-electron chi connectivity index (χ3n) is 1.81. The average Bonchev–Trinajstić information content (AvgIpc) is 2.23. The fourth-order valence-corrected chi connectivity index (χ4v) is 1.49. The molecule has 0 aliphatic carbocycles. The number of nitrogens with two attached hydrogens (primary N) is 1. The Balaban J connectivity index is 2.44. The van der Waals surface area contributed by atoms with Gasteiger partial charge in [-0.1, -0.05) is 29.3 Å². The maximum Gasteiger partial charge on any atom is 0.180 e. The summed E-state index contributed by atoms with van der Waals surface area (Å²) < 4.78 is 0. The Bertz CT molecular complexity index is 357. The summed E-state index contributed by atoms with van der Waals surface area (Å²) in [6.07, 6.45) is 0.804. The molecule has 4 N–H and O–H groups in total. The maximum absolute atomic E-state index is 5.87. The highest BCUT2D eigenvalue weighted by atomic mass is 35.5. The third-order valence-corrected chi connectivity index (χ3v) is 2.82. The molecule has 0 aliphatic rings. The van der Waals surface area contributed by atoms with Gasteiger partial charge in [0.05, 0.1) is 10.0 Å². The molecule has 0 spiro atoms. The van der Waals surface area contributed by atoms with Crippen molar-refractivity contribution in [1.29, 1.82) is 0 Å². The van der Waals surface area contributed by atoms with Gasteiger partial charge in [0.15, 0.2) is 5.11 Å². The van der Waals surface area contributed by atoms with Crippen LogP contribution in [0.25, 0.3) is 0 Å². The first-order valence-corrected chi connectivity index (χ1v) is 5.48. The van der Waals surface area contributed by atoms with Crippen LogP contribution in [0, 0.1) is 0 Å². The molecule has 0 saturated carbocycles. The number of hydrazine groups is 1. The van der Waals surface area contributed by atoms with Crippen LogP contribution in [0.2, 0.25) is 10.0 Å². The zero-order valence-corrected chi connectivity index (χ0v) is 10.2. The van der Waals surface area contributed by atoms with Gasteiger partial charge in [0.25, 0.3) is 0 Å². The van der Waals surface area contributed by atoms with Crippen LogP contribution >= 0.6 is 35.4 Å². The lowest BCUT2D eigenvalue weighted by Gasteiger charge is -2.07. The van der Waals surface area contributed by atoms with E-state index in [9.17, 15) is 0 Å². The number of thiocarbonyl (C=S) groups is 1. The molecule has 0 heterocycles. The Morgan fingerprint density at radius 2 is 2.07 bits per heavy atom. The van der Waals surface area contributed by atoms with Gasteiger partial charge in [-0.3, -0.25) is 0 Å². The monoisotopic (exact) mass is 263 g/mol. The van der Waals surface area contributed by atoms with Crippen molar-refractivity contribution >= 4 is 40.5 Å². The lowest BCUT2D eigenvalue weighted by molar-refractivity contribution is 0.836. The van der Waals surface area contributed by atoms with Crippen LogP contribution < -0.4 is 16.6 Å². The normalized spacial score (nSPS) is 9.80. The maximum atomic E-state index is 5.87. The zero-order valence-electron chi connectivity index (χ0n) is 7.89. The number of rotatable bonds is 3. The molecule has 1 aromatic rings. The summed E-state index contributed by atoms with van der Waals surface area (Å²) >= 11 is 16.5. The molecule has 1 aromatic carbocycles. The topological polar surface area (TPSA) is 50.1 Å². The second-order valence-electron chi connectivity index (χ2n) is 2.90. The van der Waals surface area contributed by atoms with E-state index >= 15 is 0 Å². The molecular weight excluding hydrogens is 253 g/mol. The van der Waals surface area contributed by atoms with Crippen LogP contribution in [0.5, 0.6) is 0 Å². The SMILES string of the molecule is NNC(=S)NCCc1ccc(Cl)c(Cl)c1. The first-order chi connectivity index (χ1) is 7.13. The fraction of sp³-hybridized carbons (Fsp3) is 0.222. The largest absolute Gasteiger partial charge is 0.361 e. The smallest absolute Gasteiger partial charge is 0.180 e. The summed E-state index contributed by atoms with van der Waals surface area (Å²) in [6.45, 7) is 0.695. The van der Waals surface area contributed by atoms with E-state index in [4.69, 9.17) is 41.3 Å². The van der Waals surface area contributed by atoms with Crippen molar-refractivity contribution in [3.63, 3.8) is 0 Å². The van der Waals surface area contributed by atoms with E-state index in [-0.39, 0.29) is 0 Å². The molecule has 3 nitrogen and oxygen atoms in total. The van der Waals surface area contributed by atoms with Gasteiger partial charge in [0, 0.05) is 6.54 Å². The van der Waals surface area contributed by atoms with Gasteiger partial charge in [0.2, 0.25) is 0 Å². The number of nitrogens with one attached hydrogen (secondary N) is 2. The average molecular weight is 264 g/mol. The van der Waals surface area contributed by atoms with Crippen molar-refractivity contribution in [3.8, 4) is 0 Å². The Kier molecular flexibility index (Phi) is 5.11. The second-order valence-corrected chi connectivity index (χ2v) is 4.12. The van der Waals surface area contributed by atoms with Crippen LogP contribution in [0.3, 0.4) is 0 Å². The lowest BCUT2D eigenvalue weighted by atomic mass is 10.1. The van der Waals surface area contributed by atoms with E-state index in [0.717, 1.165) is 12.0 Å². The quantitative estimate of drug-likeness (QED) is 0.443. The molecule has 0 atom stereocenters. The van der Waals surface area contributed by atoms with E-state index in [0.29, 0.717) is 21.7 Å². The van der Waals surface area contributed by atoms with E-state index in [1.165, 1.54) is 0 Å². The van der Waals surface area contributed by atoms with Crippen molar-refractivity contribution < 1.29 is 0 Å². The minimum Gasteiger partial charge on any atom is -0.361 e. The standard InChI is InChI=1S/C9H11Cl2N3S/c10-7-2-1-6(5-8(7)11)3-4-13-9(15)14-12/h1-2,5H,3-4,12H2,(H2,13,14,15). The molecular formula is C9H11Cl2N3S. The van der Waals surface area contributed by atoms with Gasteiger partial charge < -0.3 is 10.7 Å². The minimum absolute atomic E-state index is 0.426. The van der Waals surface area contributed by atoms with Crippen LogP contribution in [-0.4, -0.2) is 11.7 Å². The van der Waals surface area contributed by atoms with Crippen LogP contribution in [0.15, 0.2) is 18.2 Å². The highest BCUT2D eigenvalue weighted by Gasteiger charge is 1.99. The van der Waals surface area contributed by atoms with Crippen molar-refractivity contribution in [1.82, 2.24) is 10.7 Å². The Morgan fingerprint density at radius 1 is 1.33 bits per heavy atom. The van der Waals surface area contributed by atoms with Crippen molar-refractivity contribution in [2.24, 2.45) is 5.84 Å². The van der Waals surface area contributed by atoms with Crippen LogP contribution in [0.4, 0.5) is 0 Å². The molecule has 15 heavy (non-hydrogen) atoms. The molecule has 0 aliphatic heterocycles. The molecule has 0 fully saturated rings. The Hall–Kier alpha value is -0.550. The summed E-state index contributed by atoms with van der Waals surface area (Å²) in [5, 5.41) is 4.49. The van der Waals surface area contributed by atoms with E-state index < -0.39 is 0 Å². The molecule has 0 radical (unpaired) electrons. The molecule has 6 heteroatoms. The Labute approximate surface area is 104 Å². The molecule has 0 amide bonds. The number of hydrogen-bond acceptors (Lipinski definition) is 2. The van der Waals surface area contributed by atoms with Gasteiger partial charge in [-0.05, 0) is 36.3 Å². The summed E-state index contributed by atoms with van der Waals surface area (Å²) in [7, 11) is 0. The predicted molar refractivity (Wildman–Crippen MR) is 68.1 cm³/mol. The van der Waals surface area contributed by atoms with Crippen LogP contribution in [0.1, 0.15) is 5.56 Å². The molecule has 0 bridgehead atoms. The molecule has 82 valence electrons. The van der Waals surface area contributed by atoms with Crippen molar-refractivity contribution in [3.05, 3.63) is 33.8 Å². The first kappa shape index (κ1) is 12.5.